The van der Waals surface area contributed by atoms with Crippen LogP contribution in [-0.2, 0) is 16.6 Å². The van der Waals surface area contributed by atoms with Crippen LogP contribution in [0, 0.1) is 5.82 Å². The van der Waals surface area contributed by atoms with Crippen LogP contribution < -0.4 is 10.5 Å². The van der Waals surface area contributed by atoms with Gasteiger partial charge in [-0.25, -0.2) is 22.6 Å². The number of hydrogen-bond donors (Lipinski definition) is 2. The summed E-state index contributed by atoms with van der Waals surface area (Å²) in [5, 5.41) is 14.8. The lowest BCUT2D eigenvalue weighted by atomic mass is 10.1. The molecule has 10 heteroatoms. The summed E-state index contributed by atoms with van der Waals surface area (Å²) < 4.78 is 40.9. The summed E-state index contributed by atoms with van der Waals surface area (Å²) in [5.74, 6) is -1.62. The predicted molar refractivity (Wildman–Crippen MR) is 80.7 cm³/mol. The molecule has 0 bridgehead atoms. The van der Waals surface area contributed by atoms with Gasteiger partial charge in [-0.1, -0.05) is 6.07 Å². The lowest BCUT2D eigenvalue weighted by Crippen LogP contribution is -2.24. The Balaban J connectivity index is 1.79. The van der Waals surface area contributed by atoms with E-state index in [0.717, 1.165) is 18.2 Å². The van der Waals surface area contributed by atoms with Crippen LogP contribution in [0.5, 0.6) is 0 Å². The summed E-state index contributed by atoms with van der Waals surface area (Å²) in [4.78, 5) is 11.8. The largest absolute Gasteiger partial charge is 0.348 e. The zero-order chi connectivity index (χ0) is 17.3. The van der Waals surface area contributed by atoms with Crippen molar-refractivity contribution >= 4 is 27.0 Å². The molecular weight excluding hydrogens is 339 g/mol. The van der Waals surface area contributed by atoms with Crippen molar-refractivity contribution in [2.45, 2.75) is 11.4 Å². The van der Waals surface area contributed by atoms with Crippen molar-refractivity contribution in [1.29, 1.82) is 0 Å². The standard InChI is InChI=1S/C14H11FN4O4S/c15-11-3-2-9(24(16,21)22)6-10(11)14(20)17-7-8-1-4-12-13(5-8)19-23-18-12/h1-6H,7H2,(H,17,20)(H2,16,21,22). The zero-order valence-corrected chi connectivity index (χ0v) is 12.9. The fourth-order valence-corrected chi connectivity index (χ4v) is 2.61. The van der Waals surface area contributed by atoms with Gasteiger partial charge in [0.15, 0.2) is 0 Å². The number of nitrogens with one attached hydrogen (secondary N) is 1. The number of nitrogens with two attached hydrogens (primary N) is 1. The first-order chi connectivity index (χ1) is 11.3. The Labute approximate surface area is 135 Å². The number of fused-ring (bicyclic) bond motifs is 1. The van der Waals surface area contributed by atoms with Crippen molar-refractivity contribution in [1.82, 2.24) is 15.6 Å². The molecule has 0 unspecified atom stereocenters. The van der Waals surface area contributed by atoms with Crippen molar-refractivity contribution < 1.29 is 22.2 Å². The van der Waals surface area contributed by atoms with Crippen LogP contribution in [0.2, 0.25) is 0 Å². The van der Waals surface area contributed by atoms with E-state index in [9.17, 15) is 17.6 Å². The summed E-state index contributed by atoms with van der Waals surface area (Å²) in [6.07, 6.45) is 0. The van der Waals surface area contributed by atoms with E-state index in [1.807, 2.05) is 0 Å². The maximum atomic E-state index is 13.8. The van der Waals surface area contributed by atoms with E-state index in [1.165, 1.54) is 0 Å². The first-order valence-electron chi connectivity index (χ1n) is 6.66. The van der Waals surface area contributed by atoms with Gasteiger partial charge in [0.2, 0.25) is 10.0 Å². The second-order valence-corrected chi connectivity index (χ2v) is 6.52. The monoisotopic (exact) mass is 350 g/mol. The quantitative estimate of drug-likeness (QED) is 0.720. The first-order valence-corrected chi connectivity index (χ1v) is 8.21. The molecule has 1 aromatic heterocycles. The highest BCUT2D eigenvalue weighted by molar-refractivity contribution is 7.89. The predicted octanol–water partition coefficient (Wildman–Crippen LogP) is 0.939. The van der Waals surface area contributed by atoms with Crippen molar-refractivity contribution in [3.63, 3.8) is 0 Å². The molecule has 0 aliphatic carbocycles. The summed E-state index contributed by atoms with van der Waals surface area (Å²) in [7, 11) is -4.03. The SMILES string of the molecule is NS(=O)(=O)c1ccc(F)c(C(=O)NCc2ccc3nonc3c2)c1. The maximum absolute atomic E-state index is 13.8. The molecule has 1 amide bonds. The average molecular weight is 350 g/mol. The number of carbonyl (C=O) groups is 1. The number of carbonyl (C=O) groups excluding carboxylic acids is 1. The van der Waals surface area contributed by atoms with Gasteiger partial charge in [0.05, 0.1) is 10.5 Å². The average Bonchev–Trinajstić information content (AvgIpc) is 2.99. The molecule has 0 saturated heterocycles. The van der Waals surface area contributed by atoms with Crippen molar-refractivity contribution in [2.24, 2.45) is 5.14 Å². The number of halogens is 1. The molecule has 0 atom stereocenters. The van der Waals surface area contributed by atoms with Crippen LogP contribution in [0.15, 0.2) is 45.9 Å². The maximum Gasteiger partial charge on any atom is 0.254 e. The number of sulfonamides is 1. The molecule has 0 saturated carbocycles. The molecule has 0 aliphatic heterocycles. The summed E-state index contributed by atoms with van der Waals surface area (Å²) in [5.41, 5.74) is 1.36. The Kier molecular flexibility index (Phi) is 3.99. The van der Waals surface area contributed by atoms with Gasteiger partial charge in [-0.05, 0) is 46.2 Å². The van der Waals surface area contributed by atoms with Crippen LogP contribution in [-0.4, -0.2) is 24.6 Å². The van der Waals surface area contributed by atoms with Gasteiger partial charge in [0.1, 0.15) is 16.9 Å². The number of hydrogen-bond acceptors (Lipinski definition) is 6. The third-order valence-electron chi connectivity index (χ3n) is 3.28. The highest BCUT2D eigenvalue weighted by atomic mass is 32.2. The fourth-order valence-electron chi connectivity index (χ4n) is 2.07. The van der Waals surface area contributed by atoms with Crippen LogP contribution in [0.25, 0.3) is 11.0 Å². The van der Waals surface area contributed by atoms with Gasteiger partial charge in [-0.2, -0.15) is 0 Å². The zero-order valence-electron chi connectivity index (χ0n) is 12.1. The van der Waals surface area contributed by atoms with Crippen molar-refractivity contribution in [3.05, 3.63) is 53.3 Å². The van der Waals surface area contributed by atoms with Crippen LogP contribution >= 0.6 is 0 Å². The molecular formula is C14H11FN4O4S. The van der Waals surface area contributed by atoms with Gasteiger partial charge in [0, 0.05) is 6.54 Å². The van der Waals surface area contributed by atoms with Gasteiger partial charge >= 0.3 is 0 Å². The number of benzene rings is 2. The van der Waals surface area contributed by atoms with Crippen LogP contribution in [0.1, 0.15) is 15.9 Å². The minimum Gasteiger partial charge on any atom is -0.348 e. The van der Waals surface area contributed by atoms with Crippen molar-refractivity contribution in [3.8, 4) is 0 Å². The Morgan fingerprint density at radius 1 is 1.17 bits per heavy atom. The molecule has 0 aliphatic rings. The second kappa shape index (κ2) is 5.98. The number of amides is 1. The molecule has 0 fully saturated rings. The minimum absolute atomic E-state index is 0.0840. The Bertz CT molecular complexity index is 1030. The molecule has 3 aromatic rings. The molecule has 1 heterocycles. The normalized spacial score (nSPS) is 11.6. The van der Waals surface area contributed by atoms with Gasteiger partial charge in [0.25, 0.3) is 5.91 Å². The lowest BCUT2D eigenvalue weighted by Gasteiger charge is -2.07. The topological polar surface area (TPSA) is 128 Å². The van der Waals surface area contributed by atoms with E-state index in [4.69, 9.17) is 5.14 Å². The molecule has 3 rings (SSSR count). The molecule has 0 spiro atoms. The van der Waals surface area contributed by atoms with Gasteiger partial charge in [-0.3, -0.25) is 4.79 Å². The van der Waals surface area contributed by atoms with E-state index in [-0.39, 0.29) is 11.4 Å². The van der Waals surface area contributed by atoms with E-state index < -0.39 is 27.3 Å². The Morgan fingerprint density at radius 2 is 1.92 bits per heavy atom. The smallest absolute Gasteiger partial charge is 0.254 e. The number of aromatic nitrogens is 2. The molecule has 124 valence electrons. The molecule has 24 heavy (non-hydrogen) atoms. The third-order valence-corrected chi connectivity index (χ3v) is 4.19. The number of primary sulfonamides is 1. The van der Waals surface area contributed by atoms with E-state index in [0.29, 0.717) is 16.6 Å². The Morgan fingerprint density at radius 3 is 2.67 bits per heavy atom. The molecule has 0 radical (unpaired) electrons. The van der Waals surface area contributed by atoms with Gasteiger partial charge in [-0.15, -0.1) is 0 Å². The molecule has 8 nitrogen and oxygen atoms in total. The van der Waals surface area contributed by atoms with Crippen molar-refractivity contribution in [2.75, 3.05) is 0 Å². The second-order valence-electron chi connectivity index (χ2n) is 4.96. The molecule has 2 aromatic carbocycles. The highest BCUT2D eigenvalue weighted by Crippen LogP contribution is 2.15. The summed E-state index contributed by atoms with van der Waals surface area (Å²) in [6, 6.07) is 7.78. The third kappa shape index (κ3) is 3.24. The number of nitrogens with zero attached hydrogens (tertiary/aromatic N) is 2. The van der Waals surface area contributed by atoms with E-state index >= 15 is 0 Å². The summed E-state index contributed by atoms with van der Waals surface area (Å²) >= 11 is 0. The molecule has 3 N–H and O–H groups in total. The fraction of sp³-hybridized carbons (Fsp3) is 0.0714. The van der Waals surface area contributed by atoms with E-state index in [2.05, 4.69) is 20.3 Å². The first kappa shape index (κ1) is 16.0. The highest BCUT2D eigenvalue weighted by Gasteiger charge is 2.16. The van der Waals surface area contributed by atoms with Crippen LogP contribution in [0.3, 0.4) is 0 Å². The van der Waals surface area contributed by atoms with Crippen LogP contribution in [0.4, 0.5) is 4.39 Å². The lowest BCUT2D eigenvalue weighted by molar-refractivity contribution is 0.0946. The number of rotatable bonds is 4. The van der Waals surface area contributed by atoms with E-state index in [1.54, 1.807) is 18.2 Å². The Hall–Kier alpha value is -2.85. The van der Waals surface area contributed by atoms with Gasteiger partial charge < -0.3 is 5.32 Å². The summed E-state index contributed by atoms with van der Waals surface area (Å²) in [6.45, 7) is 0.0840. The minimum atomic E-state index is -4.03.